The van der Waals surface area contributed by atoms with E-state index in [2.05, 4.69) is 10.2 Å². The van der Waals surface area contributed by atoms with Gasteiger partial charge in [-0.1, -0.05) is 0 Å². The monoisotopic (exact) mass is 322 g/mol. The third kappa shape index (κ3) is 4.64. The molecule has 1 amide bonds. The summed E-state index contributed by atoms with van der Waals surface area (Å²) in [5, 5.41) is 13.7. The molecule has 0 aliphatic carbocycles. The van der Waals surface area contributed by atoms with E-state index in [0.29, 0.717) is 17.8 Å². The number of nitro groups is 1. The molecule has 1 N–H and O–H groups in total. The second-order valence-electron chi connectivity index (χ2n) is 5.56. The second kappa shape index (κ2) is 7.89. The van der Waals surface area contributed by atoms with Crippen molar-refractivity contribution in [3.63, 3.8) is 0 Å². The van der Waals surface area contributed by atoms with Crippen LogP contribution in [0, 0.1) is 10.1 Å². The number of hydrogen-bond acceptors (Lipinski definition) is 6. The highest BCUT2D eigenvalue weighted by Crippen LogP contribution is 2.24. The molecule has 0 radical (unpaired) electrons. The zero-order valence-electron chi connectivity index (χ0n) is 13.4. The van der Waals surface area contributed by atoms with Gasteiger partial charge in [-0.2, -0.15) is 0 Å². The average Bonchev–Trinajstić information content (AvgIpc) is 2.55. The van der Waals surface area contributed by atoms with E-state index in [1.807, 2.05) is 0 Å². The molecule has 0 aromatic heterocycles. The zero-order valence-corrected chi connectivity index (χ0v) is 13.4. The van der Waals surface area contributed by atoms with Gasteiger partial charge in [0, 0.05) is 52.4 Å². The number of hydrogen-bond donors (Lipinski definition) is 1. The minimum atomic E-state index is -0.465. The smallest absolute Gasteiger partial charge is 0.271 e. The van der Waals surface area contributed by atoms with Crippen LogP contribution < -0.4 is 10.2 Å². The molecule has 126 valence electrons. The first-order valence-corrected chi connectivity index (χ1v) is 7.53. The molecule has 1 aliphatic rings. The molecular weight excluding hydrogens is 300 g/mol. The Bertz CT molecular complexity index is 571. The first kappa shape index (κ1) is 17.2. The number of morpholine rings is 1. The summed E-state index contributed by atoms with van der Waals surface area (Å²) < 4.78 is 5.28. The molecule has 2 rings (SSSR count). The maximum atomic E-state index is 12.3. The first-order valence-electron chi connectivity index (χ1n) is 7.53. The van der Waals surface area contributed by atoms with Gasteiger partial charge in [0.2, 0.25) is 0 Å². The van der Waals surface area contributed by atoms with Crippen LogP contribution in [0.2, 0.25) is 0 Å². The summed E-state index contributed by atoms with van der Waals surface area (Å²) in [5.74, 6) is -0.225. The van der Waals surface area contributed by atoms with Crippen LogP contribution in [0.3, 0.4) is 0 Å². The van der Waals surface area contributed by atoms with Crippen molar-refractivity contribution in [2.24, 2.45) is 0 Å². The van der Waals surface area contributed by atoms with Gasteiger partial charge in [-0.3, -0.25) is 19.8 Å². The molecule has 23 heavy (non-hydrogen) atoms. The summed E-state index contributed by atoms with van der Waals surface area (Å²) in [6, 6.07) is 4.26. The van der Waals surface area contributed by atoms with Crippen LogP contribution in [0.25, 0.3) is 0 Å². The molecule has 1 saturated heterocycles. The second-order valence-corrected chi connectivity index (χ2v) is 5.56. The third-order valence-electron chi connectivity index (χ3n) is 3.74. The van der Waals surface area contributed by atoms with Crippen molar-refractivity contribution in [3.05, 3.63) is 33.9 Å². The van der Waals surface area contributed by atoms with E-state index < -0.39 is 4.92 Å². The number of non-ortho nitro benzene ring substituents is 1. The lowest BCUT2D eigenvalue weighted by molar-refractivity contribution is -0.384. The van der Waals surface area contributed by atoms with Crippen molar-refractivity contribution in [1.29, 1.82) is 0 Å². The number of rotatable bonds is 6. The molecule has 0 spiro atoms. The van der Waals surface area contributed by atoms with Crippen LogP contribution in [-0.2, 0) is 4.74 Å². The van der Waals surface area contributed by atoms with Crippen LogP contribution in [0.5, 0.6) is 0 Å². The highest BCUT2D eigenvalue weighted by molar-refractivity contribution is 6.00. The van der Waals surface area contributed by atoms with Crippen LogP contribution in [0.4, 0.5) is 11.4 Å². The Morgan fingerprint density at radius 2 is 2.09 bits per heavy atom. The predicted octanol–water partition coefficient (Wildman–Crippen LogP) is 0.723. The van der Waals surface area contributed by atoms with Gasteiger partial charge in [-0.25, -0.2) is 0 Å². The van der Waals surface area contributed by atoms with Gasteiger partial charge in [0.1, 0.15) is 0 Å². The lowest BCUT2D eigenvalue weighted by Crippen LogP contribution is -2.41. The number of nitrogens with zero attached hydrogens (tertiary/aromatic N) is 3. The Kier molecular flexibility index (Phi) is 5.89. The topological polar surface area (TPSA) is 87.9 Å². The van der Waals surface area contributed by atoms with Gasteiger partial charge in [0.05, 0.1) is 29.4 Å². The Morgan fingerprint density at radius 3 is 2.70 bits per heavy atom. The lowest BCUT2D eigenvalue weighted by Gasteiger charge is -2.26. The Morgan fingerprint density at radius 1 is 1.39 bits per heavy atom. The molecule has 1 aromatic rings. The number of ether oxygens (including phenoxy) is 1. The van der Waals surface area contributed by atoms with Crippen molar-refractivity contribution < 1.29 is 14.5 Å². The van der Waals surface area contributed by atoms with Crippen molar-refractivity contribution in [3.8, 4) is 0 Å². The van der Waals surface area contributed by atoms with Gasteiger partial charge in [-0.15, -0.1) is 0 Å². The highest BCUT2D eigenvalue weighted by Gasteiger charge is 2.17. The number of carbonyl (C=O) groups is 1. The summed E-state index contributed by atoms with van der Waals surface area (Å²) in [7, 11) is 3.51. The summed E-state index contributed by atoms with van der Waals surface area (Å²) in [5.41, 5.74) is 0.934. The molecule has 0 bridgehead atoms. The molecule has 8 heteroatoms. The normalized spacial score (nSPS) is 15.2. The van der Waals surface area contributed by atoms with Gasteiger partial charge in [0.25, 0.3) is 11.6 Å². The standard InChI is InChI=1S/C15H22N4O4/c1-17(2)14-11-12(19(21)22)3-4-13(14)15(20)16-5-6-18-7-9-23-10-8-18/h3-4,11H,5-10H2,1-2H3,(H,16,20). The van der Waals surface area contributed by atoms with Gasteiger partial charge < -0.3 is 15.0 Å². The van der Waals surface area contributed by atoms with Gasteiger partial charge in [-0.05, 0) is 6.07 Å². The molecule has 1 fully saturated rings. The fraction of sp³-hybridized carbons (Fsp3) is 0.533. The molecule has 1 aliphatic heterocycles. The number of nitro benzene ring substituents is 1. The van der Waals surface area contributed by atoms with Crippen molar-refractivity contribution in [2.45, 2.75) is 0 Å². The van der Waals surface area contributed by atoms with Crippen LogP contribution in [0.15, 0.2) is 18.2 Å². The number of anilines is 1. The molecule has 1 heterocycles. The summed E-state index contributed by atoms with van der Waals surface area (Å²) in [6.07, 6.45) is 0. The minimum Gasteiger partial charge on any atom is -0.379 e. The Balaban J connectivity index is 1.99. The Labute approximate surface area is 135 Å². The number of benzene rings is 1. The quantitative estimate of drug-likeness (QED) is 0.613. The number of amides is 1. The molecular formula is C15H22N4O4. The fourth-order valence-corrected chi connectivity index (χ4v) is 2.44. The molecule has 0 unspecified atom stereocenters. The first-order chi connectivity index (χ1) is 11.0. The van der Waals surface area contributed by atoms with Gasteiger partial charge in [0.15, 0.2) is 0 Å². The molecule has 0 saturated carbocycles. The van der Waals surface area contributed by atoms with Crippen molar-refractivity contribution >= 4 is 17.3 Å². The summed E-state index contributed by atoms with van der Waals surface area (Å²) >= 11 is 0. The van der Waals surface area contributed by atoms with E-state index >= 15 is 0 Å². The largest absolute Gasteiger partial charge is 0.379 e. The zero-order chi connectivity index (χ0) is 16.8. The van der Waals surface area contributed by atoms with E-state index in [0.717, 1.165) is 32.8 Å². The average molecular weight is 322 g/mol. The number of carbonyl (C=O) groups excluding carboxylic acids is 1. The van der Waals surface area contributed by atoms with Crippen LogP contribution >= 0.6 is 0 Å². The highest BCUT2D eigenvalue weighted by atomic mass is 16.6. The SMILES string of the molecule is CN(C)c1cc([N+](=O)[O-])ccc1C(=O)NCCN1CCOCC1. The predicted molar refractivity (Wildman–Crippen MR) is 87.0 cm³/mol. The van der Waals surface area contributed by atoms with E-state index in [-0.39, 0.29) is 11.6 Å². The van der Waals surface area contributed by atoms with E-state index in [9.17, 15) is 14.9 Å². The Hall–Kier alpha value is -2.19. The van der Waals surface area contributed by atoms with Crippen LogP contribution in [0.1, 0.15) is 10.4 Å². The van der Waals surface area contributed by atoms with Crippen LogP contribution in [-0.4, -0.2) is 69.2 Å². The molecule has 8 nitrogen and oxygen atoms in total. The van der Waals surface area contributed by atoms with Crippen molar-refractivity contribution in [2.75, 3.05) is 58.4 Å². The molecule has 0 atom stereocenters. The van der Waals surface area contributed by atoms with Gasteiger partial charge >= 0.3 is 0 Å². The maximum Gasteiger partial charge on any atom is 0.271 e. The summed E-state index contributed by atoms with van der Waals surface area (Å²) in [6.45, 7) is 4.48. The lowest BCUT2D eigenvalue weighted by atomic mass is 10.1. The van der Waals surface area contributed by atoms with E-state index in [1.54, 1.807) is 19.0 Å². The third-order valence-corrected chi connectivity index (χ3v) is 3.74. The minimum absolute atomic E-state index is 0.0291. The summed E-state index contributed by atoms with van der Waals surface area (Å²) in [4.78, 5) is 26.7. The van der Waals surface area contributed by atoms with E-state index in [4.69, 9.17) is 4.74 Å². The fourth-order valence-electron chi connectivity index (χ4n) is 2.44. The number of nitrogens with one attached hydrogen (secondary N) is 1. The van der Waals surface area contributed by atoms with Crippen molar-refractivity contribution in [1.82, 2.24) is 10.2 Å². The van der Waals surface area contributed by atoms with E-state index in [1.165, 1.54) is 18.2 Å². The molecule has 1 aromatic carbocycles. The maximum absolute atomic E-state index is 12.3.